The van der Waals surface area contributed by atoms with Crippen molar-refractivity contribution in [2.75, 3.05) is 32.8 Å². The Balaban J connectivity index is 1.09. The van der Waals surface area contributed by atoms with E-state index in [1.54, 1.807) is 4.90 Å². The molecule has 0 aromatic heterocycles. The maximum absolute atomic E-state index is 12.5. The summed E-state index contributed by atoms with van der Waals surface area (Å²) in [6.45, 7) is 1.30. The number of hydrogen-bond acceptors (Lipinski definition) is 5. The number of amides is 2. The van der Waals surface area contributed by atoms with Gasteiger partial charge in [0.25, 0.3) is 0 Å². The number of rotatable bonds is 6. The summed E-state index contributed by atoms with van der Waals surface area (Å²) in [5.41, 5.74) is 4.66. The lowest BCUT2D eigenvalue weighted by Gasteiger charge is -2.38. The summed E-state index contributed by atoms with van der Waals surface area (Å²) in [7, 11) is 0. The van der Waals surface area contributed by atoms with E-state index in [1.807, 2.05) is 24.3 Å². The maximum Gasteiger partial charge on any atom is 0.407 e. The summed E-state index contributed by atoms with van der Waals surface area (Å²) in [4.78, 5) is 37.3. The zero-order valence-electron chi connectivity index (χ0n) is 18.1. The Bertz CT molecular complexity index is 1030. The van der Waals surface area contributed by atoms with Crippen molar-refractivity contribution < 1.29 is 29.0 Å². The van der Waals surface area contributed by atoms with Crippen LogP contribution in [-0.4, -0.2) is 66.9 Å². The predicted octanol–water partition coefficient (Wildman–Crippen LogP) is 2.47. The van der Waals surface area contributed by atoms with Crippen LogP contribution in [0.25, 0.3) is 11.1 Å². The van der Waals surface area contributed by atoms with Gasteiger partial charge in [0.1, 0.15) is 6.61 Å². The number of carboxylic acids is 1. The van der Waals surface area contributed by atoms with Crippen LogP contribution in [0.5, 0.6) is 0 Å². The first-order valence-electron chi connectivity index (χ1n) is 11.2. The smallest absolute Gasteiger partial charge is 0.407 e. The molecule has 2 atom stereocenters. The first kappa shape index (κ1) is 21.5. The summed E-state index contributed by atoms with van der Waals surface area (Å²) < 4.78 is 11.2. The van der Waals surface area contributed by atoms with E-state index in [0.717, 1.165) is 11.1 Å². The number of ether oxygens (including phenoxy) is 2. The van der Waals surface area contributed by atoms with Gasteiger partial charge >= 0.3 is 12.1 Å². The van der Waals surface area contributed by atoms with Crippen LogP contribution >= 0.6 is 0 Å². The van der Waals surface area contributed by atoms with E-state index in [-0.39, 0.29) is 56.7 Å². The zero-order chi connectivity index (χ0) is 22.9. The van der Waals surface area contributed by atoms with Gasteiger partial charge in [0.15, 0.2) is 0 Å². The van der Waals surface area contributed by atoms with Crippen molar-refractivity contribution in [3.05, 3.63) is 59.7 Å². The SMILES string of the molecule is O=C(NC[C@@H]1C[C@H](C(=O)N2CC(C(=O)O)C2)CO1)OCC1c2ccccc2-c2ccccc21. The minimum Gasteiger partial charge on any atom is -0.481 e. The highest BCUT2D eigenvalue weighted by Crippen LogP contribution is 2.44. The molecule has 0 spiro atoms. The summed E-state index contributed by atoms with van der Waals surface area (Å²) >= 11 is 0. The quantitative estimate of drug-likeness (QED) is 0.701. The predicted molar refractivity (Wildman–Crippen MR) is 119 cm³/mol. The molecule has 2 aromatic rings. The minimum absolute atomic E-state index is 0.000892. The Labute approximate surface area is 191 Å². The third kappa shape index (κ3) is 4.18. The average Bonchev–Trinajstić information content (AvgIpc) is 3.38. The largest absolute Gasteiger partial charge is 0.481 e. The van der Waals surface area contributed by atoms with E-state index >= 15 is 0 Å². The lowest BCUT2D eigenvalue weighted by Crippen LogP contribution is -2.54. The molecule has 2 aliphatic heterocycles. The molecule has 172 valence electrons. The third-order valence-corrected chi connectivity index (χ3v) is 6.79. The van der Waals surface area contributed by atoms with E-state index < -0.39 is 18.0 Å². The molecule has 8 heteroatoms. The van der Waals surface area contributed by atoms with Gasteiger partial charge in [-0.2, -0.15) is 0 Å². The number of nitrogens with one attached hydrogen (secondary N) is 1. The molecule has 5 rings (SSSR count). The number of benzene rings is 2. The fraction of sp³-hybridized carbons (Fsp3) is 0.400. The molecule has 2 fully saturated rings. The van der Waals surface area contributed by atoms with Crippen molar-refractivity contribution in [3.63, 3.8) is 0 Å². The van der Waals surface area contributed by atoms with Crippen molar-refractivity contribution in [2.45, 2.75) is 18.4 Å². The zero-order valence-corrected chi connectivity index (χ0v) is 18.1. The Morgan fingerprint density at radius 2 is 1.64 bits per heavy atom. The third-order valence-electron chi connectivity index (χ3n) is 6.79. The summed E-state index contributed by atoms with van der Waals surface area (Å²) in [6, 6.07) is 16.3. The van der Waals surface area contributed by atoms with Gasteiger partial charge in [-0.05, 0) is 28.7 Å². The summed E-state index contributed by atoms with van der Waals surface area (Å²) in [5, 5.41) is 11.7. The van der Waals surface area contributed by atoms with Crippen LogP contribution in [0.15, 0.2) is 48.5 Å². The molecule has 0 unspecified atom stereocenters. The van der Waals surface area contributed by atoms with E-state index in [2.05, 4.69) is 29.6 Å². The Morgan fingerprint density at radius 1 is 1.00 bits per heavy atom. The van der Waals surface area contributed by atoms with E-state index in [1.165, 1.54) is 11.1 Å². The van der Waals surface area contributed by atoms with Gasteiger partial charge in [-0.1, -0.05) is 48.5 Å². The number of fused-ring (bicyclic) bond motifs is 3. The molecule has 2 N–H and O–H groups in total. The Morgan fingerprint density at radius 3 is 2.27 bits per heavy atom. The van der Waals surface area contributed by atoms with Crippen LogP contribution in [-0.2, 0) is 19.1 Å². The van der Waals surface area contributed by atoms with Gasteiger partial charge in [0.05, 0.1) is 24.5 Å². The molecule has 33 heavy (non-hydrogen) atoms. The lowest BCUT2D eigenvalue weighted by molar-refractivity contribution is -0.154. The van der Waals surface area contributed by atoms with E-state index in [0.29, 0.717) is 6.42 Å². The van der Waals surface area contributed by atoms with Gasteiger partial charge in [-0.25, -0.2) is 4.79 Å². The first-order chi connectivity index (χ1) is 16.0. The Hall–Kier alpha value is -3.39. The number of likely N-dealkylation sites (tertiary alicyclic amines) is 1. The standard InChI is InChI=1S/C25H26N2O6/c28-23(27-11-16(12-27)24(29)30)15-9-17(32-13-15)10-26-25(31)33-14-22-20-7-3-1-5-18(20)19-6-2-4-8-21(19)22/h1-8,15-17,22H,9-14H2,(H,26,31)(H,29,30)/t15-,17-/m0/s1. The summed E-state index contributed by atoms with van der Waals surface area (Å²) in [6.07, 6.45) is -0.283. The van der Waals surface area contributed by atoms with Crippen LogP contribution < -0.4 is 5.32 Å². The van der Waals surface area contributed by atoms with Crippen molar-refractivity contribution in [3.8, 4) is 11.1 Å². The second-order valence-corrected chi connectivity index (χ2v) is 8.87. The molecule has 2 aromatic carbocycles. The van der Waals surface area contributed by atoms with E-state index in [9.17, 15) is 14.4 Å². The molecular formula is C25H26N2O6. The second-order valence-electron chi connectivity index (χ2n) is 8.87. The average molecular weight is 450 g/mol. The molecule has 0 radical (unpaired) electrons. The van der Waals surface area contributed by atoms with Crippen LogP contribution in [0.4, 0.5) is 4.79 Å². The molecule has 2 amide bonds. The van der Waals surface area contributed by atoms with Crippen molar-refractivity contribution in [1.29, 1.82) is 0 Å². The molecule has 2 heterocycles. The van der Waals surface area contributed by atoms with Gasteiger partial charge in [-0.3, -0.25) is 9.59 Å². The molecule has 1 aliphatic carbocycles. The number of alkyl carbamates (subject to hydrolysis) is 1. The normalized spacial score (nSPS) is 21.8. The molecule has 8 nitrogen and oxygen atoms in total. The molecule has 0 saturated carbocycles. The number of carbonyl (C=O) groups excluding carboxylic acids is 2. The van der Waals surface area contributed by atoms with Crippen molar-refractivity contribution in [2.24, 2.45) is 11.8 Å². The van der Waals surface area contributed by atoms with Crippen molar-refractivity contribution in [1.82, 2.24) is 10.2 Å². The number of aliphatic carboxylic acids is 1. The fourth-order valence-corrected chi connectivity index (χ4v) is 4.94. The molecule has 0 bridgehead atoms. The van der Waals surface area contributed by atoms with E-state index in [4.69, 9.17) is 14.6 Å². The minimum atomic E-state index is -0.869. The summed E-state index contributed by atoms with van der Waals surface area (Å²) in [5.74, 6) is -1.71. The van der Waals surface area contributed by atoms with Gasteiger partial charge < -0.3 is 24.8 Å². The number of carbonyl (C=O) groups is 3. The van der Waals surface area contributed by atoms with Crippen molar-refractivity contribution >= 4 is 18.0 Å². The van der Waals surface area contributed by atoms with Crippen LogP contribution in [0, 0.1) is 11.8 Å². The Kier molecular flexibility index (Phi) is 5.76. The molecule has 2 saturated heterocycles. The van der Waals surface area contributed by atoms with Gasteiger partial charge in [-0.15, -0.1) is 0 Å². The highest BCUT2D eigenvalue weighted by molar-refractivity contribution is 5.83. The highest BCUT2D eigenvalue weighted by atomic mass is 16.5. The fourth-order valence-electron chi connectivity index (χ4n) is 4.94. The topological polar surface area (TPSA) is 105 Å². The lowest BCUT2D eigenvalue weighted by atomic mass is 9.96. The highest BCUT2D eigenvalue weighted by Gasteiger charge is 2.41. The molecule has 3 aliphatic rings. The van der Waals surface area contributed by atoms with Gasteiger partial charge in [0.2, 0.25) is 5.91 Å². The number of nitrogens with zero attached hydrogens (tertiary/aromatic N) is 1. The first-order valence-corrected chi connectivity index (χ1v) is 11.2. The van der Waals surface area contributed by atoms with Crippen LogP contribution in [0.3, 0.4) is 0 Å². The monoisotopic (exact) mass is 450 g/mol. The van der Waals surface area contributed by atoms with Gasteiger partial charge in [0, 0.05) is 25.6 Å². The number of carboxylic acid groups (broad SMARTS) is 1. The maximum atomic E-state index is 12.5. The van der Waals surface area contributed by atoms with Crippen LogP contribution in [0.2, 0.25) is 0 Å². The second kappa shape index (κ2) is 8.86. The molecular weight excluding hydrogens is 424 g/mol. The van der Waals surface area contributed by atoms with Crippen LogP contribution in [0.1, 0.15) is 23.5 Å². The number of hydrogen-bond donors (Lipinski definition) is 2.